The lowest BCUT2D eigenvalue weighted by molar-refractivity contribution is -0.235. The van der Waals surface area contributed by atoms with E-state index in [1.807, 2.05) is 30.3 Å². The van der Waals surface area contributed by atoms with E-state index in [4.69, 9.17) is 16.3 Å². The van der Waals surface area contributed by atoms with Crippen LogP contribution in [0.2, 0.25) is 0 Å². The molecule has 0 aliphatic heterocycles. The summed E-state index contributed by atoms with van der Waals surface area (Å²) in [6.07, 6.45) is 0.962. The van der Waals surface area contributed by atoms with Crippen LogP contribution in [-0.4, -0.2) is 50.9 Å². The van der Waals surface area contributed by atoms with Crippen molar-refractivity contribution in [3.63, 3.8) is 0 Å². The van der Waals surface area contributed by atoms with Crippen LogP contribution in [0.25, 0.3) is 0 Å². The second kappa shape index (κ2) is 12.0. The Morgan fingerprint density at radius 2 is 1.54 bits per heavy atom. The Hall–Kier alpha value is -3.20. The van der Waals surface area contributed by atoms with Crippen LogP contribution in [0, 0.1) is 0 Å². The highest BCUT2D eigenvalue weighted by atomic mass is 16.6. The number of hydrogen-bond acceptors (Lipinski definition) is 8. The van der Waals surface area contributed by atoms with Crippen molar-refractivity contribution in [2.45, 2.75) is 63.4 Å². The summed E-state index contributed by atoms with van der Waals surface area (Å²) in [6.45, 7) is 5.30. The molecule has 0 spiro atoms. The lowest BCUT2D eigenvalue weighted by atomic mass is 9.86. The predicted octanol–water partition coefficient (Wildman–Crippen LogP) is 2.00. The third kappa shape index (κ3) is 7.39. The van der Waals surface area contributed by atoms with Gasteiger partial charge in [0.15, 0.2) is 17.3 Å². The van der Waals surface area contributed by atoms with Crippen molar-refractivity contribution in [3.8, 4) is 0 Å². The van der Waals surface area contributed by atoms with E-state index in [-0.39, 0.29) is 13.0 Å². The third-order valence-corrected chi connectivity index (χ3v) is 5.48. The van der Waals surface area contributed by atoms with Crippen molar-refractivity contribution in [3.05, 3.63) is 77.5 Å². The number of rotatable bonds is 11. The fourth-order valence-corrected chi connectivity index (χ4v) is 3.83. The second-order valence-corrected chi connectivity index (χ2v) is 9.51. The summed E-state index contributed by atoms with van der Waals surface area (Å²) in [6, 6.07) is 18.7. The average molecular weight is 485 g/mol. The van der Waals surface area contributed by atoms with Crippen molar-refractivity contribution < 1.29 is 24.5 Å². The highest BCUT2D eigenvalue weighted by molar-refractivity contribution is 5.69. The molecule has 9 heteroatoms. The molecule has 2 aromatic rings. The van der Waals surface area contributed by atoms with Crippen LogP contribution in [0.4, 0.5) is 4.79 Å². The maximum Gasteiger partial charge on any atom is 0.426 e. The quantitative estimate of drug-likeness (QED) is 0.0811. The second-order valence-electron chi connectivity index (χ2n) is 9.51. The topological polar surface area (TPSA) is 151 Å². The standard InChI is InChI=1S/C26H36N4O5/c1-24(2,3)29-25(26(33,34)22(27)19-31,18-21-15-8-5-9-16-21)30(28)23(32)35-17-11-10-14-20-12-6-4-7-13-20/h4-9,12-13,15-16,29,33-34H,10-11,14,17-18,27-28H2,1-3H3. The van der Waals surface area contributed by atoms with Crippen molar-refractivity contribution >= 4 is 12.0 Å². The first-order chi connectivity index (χ1) is 16.4. The molecule has 1 amide bonds. The number of nitrogens with one attached hydrogen (secondary N) is 1. The Morgan fingerprint density at radius 1 is 1.00 bits per heavy atom. The molecule has 0 aliphatic rings. The molecule has 0 aromatic heterocycles. The Morgan fingerprint density at radius 3 is 2.06 bits per heavy atom. The number of amides is 1. The Bertz CT molecular complexity index is 1000. The van der Waals surface area contributed by atoms with Crippen LogP contribution in [0.15, 0.2) is 66.4 Å². The van der Waals surface area contributed by atoms with Gasteiger partial charge in [-0.2, -0.15) is 0 Å². The van der Waals surface area contributed by atoms with Gasteiger partial charge < -0.3 is 20.7 Å². The number of nitrogens with zero attached hydrogens (tertiary/aromatic N) is 1. The first kappa shape index (κ1) is 28.0. The molecule has 0 saturated heterocycles. The van der Waals surface area contributed by atoms with Gasteiger partial charge in [0.25, 0.3) is 5.79 Å². The van der Waals surface area contributed by atoms with E-state index in [1.54, 1.807) is 51.1 Å². The number of aliphatic hydroxyl groups is 2. The zero-order valence-electron chi connectivity index (χ0n) is 20.5. The highest BCUT2D eigenvalue weighted by Crippen LogP contribution is 2.33. The van der Waals surface area contributed by atoms with Crippen molar-refractivity contribution in [1.82, 2.24) is 10.3 Å². The molecule has 190 valence electrons. The minimum absolute atomic E-state index is 0.0686. The predicted molar refractivity (Wildman–Crippen MR) is 133 cm³/mol. The van der Waals surface area contributed by atoms with Crippen LogP contribution in [0.1, 0.15) is 44.7 Å². The molecule has 9 nitrogen and oxygen atoms in total. The minimum Gasteiger partial charge on any atom is -0.448 e. The molecule has 1 unspecified atom stereocenters. The molecule has 0 heterocycles. The fourth-order valence-electron chi connectivity index (χ4n) is 3.83. The lowest BCUT2D eigenvalue weighted by Gasteiger charge is -2.50. The summed E-state index contributed by atoms with van der Waals surface area (Å²) in [4.78, 5) is 24.4. The van der Waals surface area contributed by atoms with Gasteiger partial charge in [-0.15, -0.1) is 0 Å². The first-order valence-corrected chi connectivity index (χ1v) is 11.5. The van der Waals surface area contributed by atoms with Gasteiger partial charge in [0.2, 0.25) is 0 Å². The first-order valence-electron chi connectivity index (χ1n) is 11.5. The minimum atomic E-state index is -3.08. The number of unbranched alkanes of at least 4 members (excludes halogenated alkanes) is 1. The van der Waals surface area contributed by atoms with Crippen molar-refractivity contribution in [2.75, 3.05) is 6.61 Å². The van der Waals surface area contributed by atoms with Gasteiger partial charge in [0, 0.05) is 12.0 Å². The summed E-state index contributed by atoms with van der Waals surface area (Å²) in [5.41, 5.74) is 3.53. The molecule has 0 bridgehead atoms. The molecule has 0 saturated carbocycles. The van der Waals surface area contributed by atoms with Gasteiger partial charge in [-0.25, -0.2) is 20.4 Å². The normalized spacial score (nSPS) is 13.4. The van der Waals surface area contributed by atoms with Gasteiger partial charge >= 0.3 is 6.09 Å². The Labute approximate surface area is 206 Å². The van der Waals surface area contributed by atoms with E-state index < -0.39 is 28.8 Å². The van der Waals surface area contributed by atoms with Crippen molar-refractivity contribution in [2.24, 2.45) is 11.6 Å². The van der Waals surface area contributed by atoms with E-state index >= 15 is 0 Å². The number of hydrazine groups is 1. The molecular formula is C26H36N4O5. The van der Waals surface area contributed by atoms with Crippen LogP contribution >= 0.6 is 0 Å². The number of benzene rings is 2. The van der Waals surface area contributed by atoms with E-state index in [9.17, 15) is 19.8 Å². The zero-order valence-corrected chi connectivity index (χ0v) is 20.5. The summed E-state index contributed by atoms with van der Waals surface area (Å²) in [5, 5.41) is 25.8. The fraction of sp³-hybridized carbons (Fsp3) is 0.423. The van der Waals surface area contributed by atoms with Crippen LogP contribution in [-0.2, 0) is 22.4 Å². The molecule has 2 rings (SSSR count). The number of hydrogen-bond donors (Lipinski definition) is 5. The summed E-state index contributed by atoms with van der Waals surface area (Å²) >= 11 is 0. The SMILES string of the molecule is CC(C)(C)NC(Cc1ccccc1)(N(N)C(=O)OCCCCc1ccccc1)C(O)(O)C(N)=C=O. The number of carbonyl (C=O) groups is 1. The molecule has 0 aliphatic carbocycles. The smallest absolute Gasteiger partial charge is 0.426 e. The average Bonchev–Trinajstić information content (AvgIpc) is 2.82. The largest absolute Gasteiger partial charge is 0.448 e. The lowest BCUT2D eigenvalue weighted by Crippen LogP contribution is -2.79. The van der Waals surface area contributed by atoms with Crippen LogP contribution < -0.4 is 16.9 Å². The monoisotopic (exact) mass is 484 g/mol. The zero-order chi connectivity index (χ0) is 26.1. The maximum absolute atomic E-state index is 13.0. The van der Waals surface area contributed by atoms with Gasteiger partial charge in [0.1, 0.15) is 0 Å². The van der Waals surface area contributed by atoms with E-state index in [0.717, 1.165) is 12.8 Å². The summed E-state index contributed by atoms with van der Waals surface area (Å²) in [5.74, 6) is 4.45. The van der Waals surface area contributed by atoms with E-state index in [0.29, 0.717) is 17.0 Å². The van der Waals surface area contributed by atoms with Crippen molar-refractivity contribution in [1.29, 1.82) is 0 Å². The molecule has 0 radical (unpaired) electrons. The van der Waals surface area contributed by atoms with E-state index in [2.05, 4.69) is 5.32 Å². The van der Waals surface area contributed by atoms with E-state index in [1.165, 1.54) is 11.5 Å². The van der Waals surface area contributed by atoms with Crippen LogP contribution in [0.5, 0.6) is 0 Å². The van der Waals surface area contributed by atoms with Crippen LogP contribution in [0.3, 0.4) is 0 Å². The molecule has 7 N–H and O–H groups in total. The van der Waals surface area contributed by atoms with Gasteiger partial charge in [-0.05, 0) is 51.2 Å². The molecule has 35 heavy (non-hydrogen) atoms. The number of carbonyl (C=O) groups excluding carboxylic acids is 2. The maximum atomic E-state index is 13.0. The Kier molecular flexibility index (Phi) is 9.59. The molecule has 2 aromatic carbocycles. The summed E-state index contributed by atoms with van der Waals surface area (Å²) in [7, 11) is 0. The van der Waals surface area contributed by atoms with Gasteiger partial charge in [-0.1, -0.05) is 60.7 Å². The van der Waals surface area contributed by atoms with Gasteiger partial charge in [0.05, 0.1) is 6.61 Å². The summed E-state index contributed by atoms with van der Waals surface area (Å²) < 4.78 is 5.36. The number of nitrogens with two attached hydrogens (primary N) is 2. The van der Waals surface area contributed by atoms with Gasteiger partial charge in [-0.3, -0.25) is 5.32 Å². The molecule has 0 fully saturated rings. The molecule has 1 atom stereocenters. The highest BCUT2D eigenvalue weighted by Gasteiger charge is 2.59. The number of ether oxygens (including phenoxy) is 1. The molecular weight excluding hydrogens is 448 g/mol. The third-order valence-electron chi connectivity index (χ3n) is 5.48. The Balaban J connectivity index is 2.28. The number of aryl methyl sites for hydroxylation is 1.